The van der Waals surface area contributed by atoms with Crippen LogP contribution < -0.4 is 10.6 Å². The maximum atomic E-state index is 14.5. The van der Waals surface area contributed by atoms with E-state index in [4.69, 9.17) is 14.5 Å². The molecule has 2 saturated heterocycles. The highest BCUT2D eigenvalue weighted by atomic mass is 32.1. The topological polar surface area (TPSA) is 129 Å². The lowest BCUT2D eigenvalue weighted by molar-refractivity contribution is -0.125. The molecule has 4 heterocycles. The van der Waals surface area contributed by atoms with Crippen LogP contribution in [0.1, 0.15) is 65.7 Å². The smallest absolute Gasteiger partial charge is 0.407 e. The summed E-state index contributed by atoms with van der Waals surface area (Å²) in [7, 11) is 1.79. The van der Waals surface area contributed by atoms with Crippen molar-refractivity contribution < 1.29 is 23.9 Å². The number of likely N-dealkylation sites (tertiary alicyclic amines) is 1. The maximum absolute atomic E-state index is 14.5. The molecule has 6 rings (SSSR count). The molecule has 0 bridgehead atoms. The molecule has 2 aromatic carbocycles. The molecule has 0 radical (unpaired) electrons. The third kappa shape index (κ3) is 11.8. The van der Waals surface area contributed by atoms with Crippen LogP contribution in [0.4, 0.5) is 9.59 Å². The number of ether oxygens (including phenoxy) is 2. The number of nitrogens with one attached hydrogen (secondary N) is 2. The van der Waals surface area contributed by atoms with Crippen molar-refractivity contribution in [1.29, 1.82) is 0 Å². The monoisotopic (exact) mass is 787 g/mol. The lowest BCUT2D eigenvalue weighted by Gasteiger charge is -2.32. The van der Waals surface area contributed by atoms with E-state index in [0.29, 0.717) is 64.3 Å². The number of carbonyl (C=O) groups excluding carboxylic acids is 3. The van der Waals surface area contributed by atoms with Crippen LogP contribution >= 0.6 is 22.7 Å². The van der Waals surface area contributed by atoms with Gasteiger partial charge in [0.1, 0.15) is 12.6 Å². The quantitative estimate of drug-likeness (QED) is 0.140. The van der Waals surface area contributed by atoms with Gasteiger partial charge in [-0.3, -0.25) is 14.7 Å². The Hall–Kier alpha value is -4.37. The molecule has 2 aromatic heterocycles. The zero-order valence-electron chi connectivity index (χ0n) is 32.0. The van der Waals surface area contributed by atoms with E-state index in [-0.39, 0.29) is 36.7 Å². The molecular weight excluding hydrogens is 735 g/mol. The molecule has 294 valence electrons. The summed E-state index contributed by atoms with van der Waals surface area (Å²) in [6, 6.07) is 18.9. The fourth-order valence-corrected chi connectivity index (χ4v) is 8.61. The molecule has 2 aliphatic heterocycles. The van der Waals surface area contributed by atoms with E-state index < -0.39 is 12.1 Å². The Morgan fingerprint density at radius 1 is 0.945 bits per heavy atom. The summed E-state index contributed by atoms with van der Waals surface area (Å²) in [6.07, 6.45) is 4.16. The first-order valence-electron chi connectivity index (χ1n) is 19.2. The number of hydrogen-bond acceptors (Lipinski definition) is 10. The predicted molar refractivity (Wildman–Crippen MR) is 215 cm³/mol. The van der Waals surface area contributed by atoms with Gasteiger partial charge in [0.2, 0.25) is 5.91 Å². The van der Waals surface area contributed by atoms with Crippen LogP contribution in [0.3, 0.4) is 0 Å². The molecule has 14 heteroatoms. The third-order valence-electron chi connectivity index (χ3n) is 10.2. The van der Waals surface area contributed by atoms with Gasteiger partial charge in [0.05, 0.1) is 40.8 Å². The van der Waals surface area contributed by atoms with Gasteiger partial charge >= 0.3 is 12.1 Å². The van der Waals surface area contributed by atoms with Crippen LogP contribution in [0.5, 0.6) is 0 Å². The van der Waals surface area contributed by atoms with Crippen molar-refractivity contribution in [1.82, 2.24) is 35.3 Å². The lowest BCUT2D eigenvalue weighted by Crippen LogP contribution is -2.52. The number of nitrogens with zero attached hydrogens (tertiary/aromatic N) is 5. The second-order valence-electron chi connectivity index (χ2n) is 14.7. The molecule has 2 N–H and O–H groups in total. The second kappa shape index (κ2) is 20.0. The van der Waals surface area contributed by atoms with Crippen molar-refractivity contribution in [2.75, 3.05) is 39.9 Å². The van der Waals surface area contributed by atoms with Gasteiger partial charge in [-0.25, -0.2) is 14.6 Å². The van der Waals surface area contributed by atoms with E-state index in [0.717, 1.165) is 39.8 Å². The standard InChI is InChI=1S/C41H53N7O5S2/c1-29(2)39-44-34(27-54-39)24-46(3)41(51)48-25-35(47-16-18-52-19-17-47)22-37(48)38(49)43-32(20-30-10-6-4-7-11-30)14-15-33(21-31-12-8-5-9-13-31)45-40(50)53-26-36-23-42-28-55-36/h4-13,23,27-29,32-33,35,37H,14-22,24-26H2,1-3H3,(H,43,49)(H,45,50)/t32-,33-,35?,37-/m0/s1. The van der Waals surface area contributed by atoms with Crippen LogP contribution in [0.15, 0.2) is 77.8 Å². The minimum Gasteiger partial charge on any atom is -0.444 e. The SMILES string of the molecule is CC(C)c1nc(CN(C)C(=O)N2CC(N3CCOCC3)C[C@H]2C(=O)N[C@@H](CC[C@@H](Cc2ccccc2)NC(=O)OCc2cncs2)Cc2ccccc2)cs1. The Labute approximate surface area is 332 Å². The fraction of sp³-hybridized carbons (Fsp3) is 0.488. The molecule has 2 aliphatic rings. The minimum atomic E-state index is -0.636. The molecule has 12 nitrogen and oxygen atoms in total. The summed E-state index contributed by atoms with van der Waals surface area (Å²) in [5.41, 5.74) is 4.75. The number of thiazole rings is 2. The van der Waals surface area contributed by atoms with E-state index in [1.54, 1.807) is 39.9 Å². The number of amides is 4. The predicted octanol–water partition coefficient (Wildman–Crippen LogP) is 6.10. The summed E-state index contributed by atoms with van der Waals surface area (Å²) in [5.74, 6) is 0.155. The summed E-state index contributed by atoms with van der Waals surface area (Å²) in [4.78, 5) is 57.1. The number of urea groups is 1. The highest BCUT2D eigenvalue weighted by Crippen LogP contribution is 2.27. The van der Waals surface area contributed by atoms with Crippen molar-refractivity contribution >= 4 is 40.7 Å². The molecule has 0 spiro atoms. The van der Waals surface area contributed by atoms with Gasteiger partial charge in [-0.15, -0.1) is 22.7 Å². The first-order chi connectivity index (χ1) is 26.7. The number of rotatable bonds is 16. The average Bonchev–Trinajstić information content (AvgIpc) is 3.99. The number of aromatic nitrogens is 2. The van der Waals surface area contributed by atoms with Crippen LogP contribution in [0.25, 0.3) is 0 Å². The van der Waals surface area contributed by atoms with Crippen LogP contribution in [0, 0.1) is 0 Å². The van der Waals surface area contributed by atoms with E-state index >= 15 is 0 Å². The van der Waals surface area contributed by atoms with Crippen molar-refractivity contribution in [3.05, 3.63) is 104 Å². The highest BCUT2D eigenvalue weighted by Gasteiger charge is 2.43. The Morgan fingerprint density at radius 2 is 1.60 bits per heavy atom. The molecule has 55 heavy (non-hydrogen) atoms. The Kier molecular flexibility index (Phi) is 14.6. The van der Waals surface area contributed by atoms with Crippen molar-refractivity contribution in [2.24, 2.45) is 0 Å². The van der Waals surface area contributed by atoms with Gasteiger partial charge in [-0.2, -0.15) is 0 Å². The van der Waals surface area contributed by atoms with Gasteiger partial charge in [-0.1, -0.05) is 74.5 Å². The van der Waals surface area contributed by atoms with Crippen LogP contribution in [-0.4, -0.2) is 107 Å². The van der Waals surface area contributed by atoms with Gasteiger partial charge < -0.3 is 29.9 Å². The van der Waals surface area contributed by atoms with Crippen molar-refractivity contribution in [3.63, 3.8) is 0 Å². The normalized spacial score (nSPS) is 18.5. The van der Waals surface area contributed by atoms with Crippen molar-refractivity contribution in [2.45, 2.75) is 89.2 Å². The van der Waals surface area contributed by atoms with Gasteiger partial charge in [0, 0.05) is 62.3 Å². The first-order valence-corrected chi connectivity index (χ1v) is 20.9. The van der Waals surface area contributed by atoms with Crippen LogP contribution in [0.2, 0.25) is 0 Å². The molecular formula is C41H53N7O5S2. The van der Waals surface area contributed by atoms with Crippen LogP contribution in [-0.2, 0) is 40.3 Å². The summed E-state index contributed by atoms with van der Waals surface area (Å²) in [6.45, 7) is 8.03. The van der Waals surface area contributed by atoms with E-state index in [1.807, 2.05) is 53.9 Å². The van der Waals surface area contributed by atoms with Crippen molar-refractivity contribution in [3.8, 4) is 0 Å². The Bertz CT molecular complexity index is 1790. The zero-order chi connectivity index (χ0) is 38.6. The first kappa shape index (κ1) is 40.3. The lowest BCUT2D eigenvalue weighted by atomic mass is 9.95. The molecule has 4 aromatic rings. The molecule has 0 aliphatic carbocycles. The average molecular weight is 788 g/mol. The van der Waals surface area contributed by atoms with Gasteiger partial charge in [-0.05, 0) is 43.2 Å². The molecule has 2 fully saturated rings. The zero-order valence-corrected chi connectivity index (χ0v) is 33.6. The molecule has 4 amide bonds. The number of carbonyl (C=O) groups is 3. The maximum Gasteiger partial charge on any atom is 0.407 e. The number of alkyl carbamates (subject to hydrolysis) is 1. The van der Waals surface area contributed by atoms with E-state index in [1.165, 1.54) is 11.3 Å². The Balaban J connectivity index is 1.17. The second-order valence-corrected chi connectivity index (χ2v) is 16.6. The number of benzene rings is 2. The highest BCUT2D eigenvalue weighted by molar-refractivity contribution is 7.09. The van der Waals surface area contributed by atoms with E-state index in [2.05, 4.69) is 46.5 Å². The Morgan fingerprint density at radius 3 is 2.20 bits per heavy atom. The summed E-state index contributed by atoms with van der Waals surface area (Å²) < 4.78 is 11.2. The minimum absolute atomic E-state index is 0.0480. The molecule has 1 unspecified atom stereocenters. The fourth-order valence-electron chi connectivity index (χ4n) is 7.28. The number of hydrogen-bond donors (Lipinski definition) is 2. The van der Waals surface area contributed by atoms with E-state index in [9.17, 15) is 14.4 Å². The summed E-state index contributed by atoms with van der Waals surface area (Å²) >= 11 is 3.05. The molecule has 0 saturated carbocycles. The number of morpholine rings is 1. The largest absolute Gasteiger partial charge is 0.444 e. The molecule has 4 atom stereocenters. The van der Waals surface area contributed by atoms with Gasteiger partial charge in [0.25, 0.3) is 0 Å². The third-order valence-corrected chi connectivity index (χ3v) is 12.1. The van der Waals surface area contributed by atoms with Gasteiger partial charge in [0.15, 0.2) is 0 Å². The summed E-state index contributed by atoms with van der Waals surface area (Å²) in [5, 5.41) is 9.53.